The third-order valence-corrected chi connectivity index (χ3v) is 5.26. The lowest BCUT2D eigenvalue weighted by molar-refractivity contribution is -0.385. The summed E-state index contributed by atoms with van der Waals surface area (Å²) in [6.45, 7) is 8.21. The highest BCUT2D eigenvalue weighted by Crippen LogP contribution is 2.46. The Hall–Kier alpha value is -3.35. The molecule has 3 atom stereocenters. The van der Waals surface area contributed by atoms with Crippen molar-refractivity contribution >= 4 is 23.9 Å². The van der Waals surface area contributed by atoms with Crippen molar-refractivity contribution in [2.24, 2.45) is 4.99 Å². The van der Waals surface area contributed by atoms with Gasteiger partial charge in [0.1, 0.15) is 35.3 Å². The fourth-order valence-electron chi connectivity index (χ4n) is 3.92. The Bertz CT molecular complexity index is 1050. The summed E-state index contributed by atoms with van der Waals surface area (Å²) in [5.74, 6) is -0.861. The first-order chi connectivity index (χ1) is 16.6. The Balaban J connectivity index is 2.21. The molecule has 0 N–H and O–H groups in total. The number of hydrogen-bond acceptors (Lipinski definition) is 9. The number of non-ortho nitro benzene ring substituents is 1. The van der Waals surface area contributed by atoms with Crippen LogP contribution in [0, 0.1) is 15.9 Å². The molecule has 2 amide bonds. The minimum absolute atomic E-state index is 0.0116. The number of rotatable bonds is 3. The van der Waals surface area contributed by atoms with Crippen LogP contribution in [0.1, 0.15) is 53.5 Å². The predicted molar refractivity (Wildman–Crippen MR) is 122 cm³/mol. The van der Waals surface area contributed by atoms with Crippen molar-refractivity contribution in [3.8, 4) is 0 Å². The number of fused-ring (bicyclic) bond motifs is 1. The molecule has 2 heterocycles. The molecule has 1 fully saturated rings. The van der Waals surface area contributed by atoms with Gasteiger partial charge in [0.2, 0.25) is 0 Å². The van der Waals surface area contributed by atoms with Crippen LogP contribution in [0.4, 0.5) is 24.1 Å². The summed E-state index contributed by atoms with van der Waals surface area (Å²) in [4.78, 5) is 41.6. The Morgan fingerprint density at radius 3 is 2.28 bits per heavy atom. The van der Waals surface area contributed by atoms with Crippen LogP contribution < -0.4 is 0 Å². The average Bonchev–Trinajstić information content (AvgIpc) is 3.15. The first-order valence-electron chi connectivity index (χ1n) is 11.2. The number of amides is 2. The zero-order chi connectivity index (χ0) is 27.1. The Morgan fingerprint density at radius 2 is 1.78 bits per heavy atom. The summed E-state index contributed by atoms with van der Waals surface area (Å²) in [7, 11) is 0. The van der Waals surface area contributed by atoms with Crippen molar-refractivity contribution in [2.75, 3.05) is 13.3 Å². The molecule has 1 aromatic carbocycles. The summed E-state index contributed by atoms with van der Waals surface area (Å²) < 4.78 is 51.1. The predicted octanol–water partition coefficient (Wildman–Crippen LogP) is 4.61. The number of nitro groups is 1. The molecule has 36 heavy (non-hydrogen) atoms. The maximum atomic E-state index is 15.1. The van der Waals surface area contributed by atoms with Gasteiger partial charge in [0.15, 0.2) is 6.10 Å². The van der Waals surface area contributed by atoms with Crippen molar-refractivity contribution in [2.45, 2.75) is 76.9 Å². The normalized spacial score (nSPS) is 23.7. The molecule has 0 bridgehead atoms. The molecule has 0 aromatic heterocycles. The van der Waals surface area contributed by atoms with Gasteiger partial charge in [-0.15, -0.1) is 4.90 Å². The Kier molecular flexibility index (Phi) is 7.26. The quantitative estimate of drug-likeness (QED) is 0.423. The van der Waals surface area contributed by atoms with Crippen LogP contribution in [0.15, 0.2) is 23.2 Å². The third-order valence-electron chi connectivity index (χ3n) is 5.26. The van der Waals surface area contributed by atoms with Crippen LogP contribution in [0.2, 0.25) is 0 Å². The number of carbonyl (C=O) groups is 2. The Morgan fingerprint density at radius 1 is 1.19 bits per heavy atom. The number of benzene rings is 1. The van der Waals surface area contributed by atoms with Crippen molar-refractivity contribution in [1.29, 1.82) is 0 Å². The van der Waals surface area contributed by atoms with Crippen LogP contribution in [0.25, 0.3) is 0 Å². The van der Waals surface area contributed by atoms with Gasteiger partial charge in [0.05, 0.1) is 11.5 Å². The van der Waals surface area contributed by atoms with Gasteiger partial charge >= 0.3 is 18.2 Å². The number of aliphatic imine (C=N–C) groups is 1. The number of ether oxygens (including phenoxy) is 4. The second-order valence-corrected chi connectivity index (χ2v) is 10.4. The van der Waals surface area contributed by atoms with Crippen LogP contribution in [-0.2, 0) is 24.5 Å². The summed E-state index contributed by atoms with van der Waals surface area (Å²) in [6.07, 6.45) is -5.09. The van der Waals surface area contributed by atoms with Gasteiger partial charge in [-0.25, -0.2) is 23.4 Å². The second-order valence-electron chi connectivity index (χ2n) is 10.4. The molecule has 0 aliphatic carbocycles. The van der Waals surface area contributed by atoms with E-state index in [1.54, 1.807) is 41.5 Å². The minimum atomic E-state index is -1.73. The molecule has 13 heteroatoms. The molecule has 0 unspecified atom stereocenters. The first-order valence-corrected chi connectivity index (χ1v) is 11.2. The SMILES string of the molecule is CC(C)(C)OC(=O)N(C(=O)OC(C)(C)C)C1=N[C@@]2(c3cc([N+](=O)[O-])ccc3F)CCO[C@H]2[C@@H](CF)O1. The van der Waals surface area contributed by atoms with Crippen molar-refractivity contribution in [3.63, 3.8) is 0 Å². The zero-order valence-electron chi connectivity index (χ0n) is 20.9. The third kappa shape index (κ3) is 5.55. The van der Waals surface area contributed by atoms with E-state index in [1.807, 2.05) is 0 Å². The van der Waals surface area contributed by atoms with E-state index in [2.05, 4.69) is 4.99 Å². The van der Waals surface area contributed by atoms with E-state index in [-0.39, 0.29) is 18.6 Å². The molecule has 1 saturated heterocycles. The molecule has 2 aliphatic heterocycles. The van der Waals surface area contributed by atoms with Crippen LogP contribution in [0.5, 0.6) is 0 Å². The number of halogens is 2. The molecule has 1 aromatic rings. The standard InChI is InChI=1S/C23H29F2N3O8/c1-21(2,3)35-19(29)27(20(30)36-22(4,5)6)18-26-23(9-10-33-17(23)16(12-24)34-18)14-11-13(28(31)32)7-8-15(14)25/h7-8,11,16-17H,9-10,12H2,1-6H3/t16-,17+,23-/m1/s1. The monoisotopic (exact) mass is 513 g/mol. The molecular formula is C23H29F2N3O8. The van der Waals surface area contributed by atoms with Crippen LogP contribution >= 0.6 is 0 Å². The highest BCUT2D eigenvalue weighted by molar-refractivity contribution is 6.06. The Labute approximate surface area is 206 Å². The van der Waals surface area contributed by atoms with Gasteiger partial charge in [-0.05, 0) is 47.6 Å². The van der Waals surface area contributed by atoms with Gasteiger partial charge in [0.25, 0.3) is 5.69 Å². The summed E-state index contributed by atoms with van der Waals surface area (Å²) in [6, 6.07) is 2.15. The van der Waals surface area contributed by atoms with E-state index < -0.39 is 70.3 Å². The maximum Gasteiger partial charge on any atom is 0.428 e. The number of alkyl halides is 1. The lowest BCUT2D eigenvalue weighted by Gasteiger charge is -2.40. The molecule has 198 valence electrons. The summed E-state index contributed by atoms with van der Waals surface area (Å²) in [5.41, 5.74) is -4.51. The lowest BCUT2D eigenvalue weighted by atomic mass is 9.80. The minimum Gasteiger partial charge on any atom is -0.455 e. The molecule has 0 spiro atoms. The zero-order valence-corrected chi connectivity index (χ0v) is 20.9. The summed E-state index contributed by atoms with van der Waals surface area (Å²) in [5, 5.41) is 11.4. The maximum absolute atomic E-state index is 15.1. The van der Waals surface area contributed by atoms with Gasteiger partial charge in [0, 0.05) is 24.1 Å². The molecule has 3 rings (SSSR count). The van der Waals surface area contributed by atoms with E-state index in [9.17, 15) is 24.1 Å². The van der Waals surface area contributed by atoms with Gasteiger partial charge in [-0.3, -0.25) is 10.1 Å². The van der Waals surface area contributed by atoms with Gasteiger partial charge < -0.3 is 18.9 Å². The number of imide groups is 1. The molecule has 11 nitrogen and oxygen atoms in total. The fraction of sp³-hybridized carbons (Fsp3) is 0.609. The van der Waals surface area contributed by atoms with E-state index in [0.29, 0.717) is 4.90 Å². The van der Waals surface area contributed by atoms with E-state index in [0.717, 1.165) is 18.2 Å². The van der Waals surface area contributed by atoms with Crippen LogP contribution in [0.3, 0.4) is 0 Å². The summed E-state index contributed by atoms with van der Waals surface area (Å²) >= 11 is 0. The van der Waals surface area contributed by atoms with Gasteiger partial charge in [-0.2, -0.15) is 0 Å². The highest BCUT2D eigenvalue weighted by atomic mass is 19.1. The number of nitrogens with zero attached hydrogens (tertiary/aromatic N) is 3. The number of hydrogen-bond donors (Lipinski definition) is 0. The van der Waals surface area contributed by atoms with Crippen molar-refractivity contribution in [1.82, 2.24) is 4.90 Å². The second kappa shape index (κ2) is 9.60. The molecule has 2 aliphatic rings. The van der Waals surface area contributed by atoms with Crippen LogP contribution in [-0.4, -0.2) is 64.7 Å². The first kappa shape index (κ1) is 27.2. The van der Waals surface area contributed by atoms with Crippen molar-refractivity contribution < 1.29 is 42.2 Å². The smallest absolute Gasteiger partial charge is 0.428 e. The molecular weight excluding hydrogens is 484 g/mol. The number of carbonyl (C=O) groups excluding carboxylic acids is 2. The van der Waals surface area contributed by atoms with E-state index in [4.69, 9.17) is 18.9 Å². The highest BCUT2D eigenvalue weighted by Gasteiger charge is 2.57. The average molecular weight is 513 g/mol. The lowest BCUT2D eigenvalue weighted by Crippen LogP contribution is -2.56. The van der Waals surface area contributed by atoms with Crippen molar-refractivity contribution in [3.05, 3.63) is 39.7 Å². The van der Waals surface area contributed by atoms with E-state index >= 15 is 4.39 Å². The van der Waals surface area contributed by atoms with E-state index in [1.165, 1.54) is 0 Å². The fourth-order valence-corrected chi connectivity index (χ4v) is 3.92. The topological polar surface area (TPSA) is 130 Å². The van der Waals surface area contributed by atoms with Gasteiger partial charge in [-0.1, -0.05) is 0 Å². The molecule has 0 radical (unpaired) electrons. The number of nitro benzene ring substituents is 1. The molecule has 0 saturated carbocycles. The number of amidine groups is 1. The largest absolute Gasteiger partial charge is 0.455 e.